The third-order valence-corrected chi connectivity index (χ3v) is 7.14. The van der Waals surface area contributed by atoms with Crippen molar-refractivity contribution in [2.45, 2.75) is 19.4 Å². The van der Waals surface area contributed by atoms with E-state index in [2.05, 4.69) is 15.4 Å². The van der Waals surface area contributed by atoms with Gasteiger partial charge in [-0.15, -0.1) is 16.4 Å². The van der Waals surface area contributed by atoms with Crippen molar-refractivity contribution < 1.29 is 28.2 Å². The molecule has 4 aromatic rings. The summed E-state index contributed by atoms with van der Waals surface area (Å²) in [5.74, 6) is -2.52. The molecule has 0 saturated carbocycles. The molecule has 3 aromatic heterocycles. The first-order valence-corrected chi connectivity index (χ1v) is 12.5. The van der Waals surface area contributed by atoms with Crippen LogP contribution < -0.4 is 11.1 Å². The Hall–Kier alpha value is -3.94. The summed E-state index contributed by atoms with van der Waals surface area (Å²) in [5.41, 5.74) is 4.51. The number of nitrogens with two attached hydrogens (primary N) is 1. The number of benzene rings is 1. The number of hydrogen-bond acceptors (Lipinski definition) is 8. The molecule has 1 saturated heterocycles. The van der Waals surface area contributed by atoms with E-state index in [0.29, 0.717) is 32.0 Å². The highest BCUT2D eigenvalue weighted by Crippen LogP contribution is 2.40. The number of nitrogens with one attached hydrogen (secondary N) is 1. The van der Waals surface area contributed by atoms with Gasteiger partial charge in [0.1, 0.15) is 22.3 Å². The zero-order valence-electron chi connectivity index (χ0n) is 20.5. The van der Waals surface area contributed by atoms with Gasteiger partial charge in [-0.05, 0) is 49.7 Å². The summed E-state index contributed by atoms with van der Waals surface area (Å²) in [4.78, 5) is 31.0. The number of imidazole rings is 1. The lowest BCUT2D eigenvalue weighted by Gasteiger charge is -2.25. The van der Waals surface area contributed by atoms with Crippen LogP contribution in [0.15, 0.2) is 36.5 Å². The summed E-state index contributed by atoms with van der Waals surface area (Å²) < 4.78 is 36.6. The minimum Gasteiger partial charge on any atom is -0.386 e. The molecular weight excluding hydrogens is 518 g/mol. The summed E-state index contributed by atoms with van der Waals surface area (Å²) in [6, 6.07) is 6.64. The number of amides is 2. The molecule has 0 spiro atoms. The van der Waals surface area contributed by atoms with Gasteiger partial charge in [0.2, 0.25) is 0 Å². The minimum atomic E-state index is -1.44. The minimum absolute atomic E-state index is 0.0195. The molecule has 0 radical (unpaired) electrons. The third-order valence-electron chi connectivity index (χ3n) is 6.07. The molecule has 38 heavy (non-hydrogen) atoms. The molecule has 1 aromatic carbocycles. The molecule has 4 heterocycles. The van der Waals surface area contributed by atoms with Crippen LogP contribution in [0.25, 0.3) is 16.1 Å². The van der Waals surface area contributed by atoms with Gasteiger partial charge in [-0.1, -0.05) is 0 Å². The summed E-state index contributed by atoms with van der Waals surface area (Å²) in [6.07, 6.45) is 1.50. The highest BCUT2D eigenvalue weighted by molar-refractivity contribution is 7.20. The van der Waals surface area contributed by atoms with E-state index in [1.54, 1.807) is 17.0 Å². The standard InChI is InChI=1S/C25H24F2N6O4S/c1-25(2,36)13-9-15(26)21(16(27)10-13)18-11-14(22(28)34)23(38-18)30-19-3-4-20-29-17(12-33(20)31-19)24(35)32-5-7-37-8-6-32/h3-4,9-12,36H,5-8H2,1-2H3,(H2,28,34)(H,30,31). The van der Waals surface area contributed by atoms with Crippen molar-refractivity contribution in [3.05, 3.63) is 65.0 Å². The van der Waals surface area contributed by atoms with Crippen molar-refractivity contribution >= 4 is 39.6 Å². The number of halogens is 2. The van der Waals surface area contributed by atoms with Crippen LogP contribution in [0, 0.1) is 11.6 Å². The lowest BCUT2D eigenvalue weighted by Crippen LogP contribution is -2.40. The predicted molar refractivity (Wildman–Crippen MR) is 136 cm³/mol. The normalized spacial score (nSPS) is 14.2. The van der Waals surface area contributed by atoms with E-state index in [4.69, 9.17) is 10.5 Å². The Balaban J connectivity index is 1.45. The molecule has 2 amide bonds. The molecule has 198 valence electrons. The first-order chi connectivity index (χ1) is 18.0. The van der Waals surface area contributed by atoms with E-state index in [9.17, 15) is 23.5 Å². The number of morpholine rings is 1. The maximum absolute atomic E-state index is 14.9. The third kappa shape index (κ3) is 4.95. The van der Waals surface area contributed by atoms with E-state index in [1.165, 1.54) is 30.6 Å². The number of ether oxygens (including phenoxy) is 1. The fourth-order valence-corrected chi connectivity index (χ4v) is 5.17. The maximum Gasteiger partial charge on any atom is 0.274 e. The maximum atomic E-state index is 14.9. The lowest BCUT2D eigenvalue weighted by atomic mass is 9.96. The van der Waals surface area contributed by atoms with Gasteiger partial charge in [-0.3, -0.25) is 9.59 Å². The number of hydrogen-bond donors (Lipinski definition) is 3. The second-order valence-corrected chi connectivity index (χ2v) is 10.3. The number of thiophene rings is 1. The van der Waals surface area contributed by atoms with Crippen LogP contribution in [0.3, 0.4) is 0 Å². The van der Waals surface area contributed by atoms with E-state index in [-0.39, 0.29) is 44.0 Å². The van der Waals surface area contributed by atoms with E-state index >= 15 is 0 Å². The molecule has 0 atom stereocenters. The first kappa shape index (κ1) is 25.7. The summed E-state index contributed by atoms with van der Waals surface area (Å²) in [6.45, 7) is 4.73. The van der Waals surface area contributed by atoms with E-state index in [0.717, 1.165) is 23.5 Å². The van der Waals surface area contributed by atoms with Crippen LogP contribution in [0.4, 0.5) is 19.6 Å². The van der Waals surface area contributed by atoms with Gasteiger partial charge in [0.05, 0.1) is 36.1 Å². The number of carbonyl (C=O) groups excluding carboxylic acids is 2. The van der Waals surface area contributed by atoms with Crippen molar-refractivity contribution in [1.29, 1.82) is 0 Å². The van der Waals surface area contributed by atoms with E-state index < -0.39 is 23.1 Å². The molecule has 10 nitrogen and oxygen atoms in total. The topological polar surface area (TPSA) is 135 Å². The second-order valence-electron chi connectivity index (χ2n) is 9.27. The number of aliphatic hydroxyl groups is 1. The molecule has 1 aliphatic heterocycles. The summed E-state index contributed by atoms with van der Waals surface area (Å²) >= 11 is 0.920. The van der Waals surface area contributed by atoms with Crippen LogP contribution in [-0.4, -0.2) is 62.7 Å². The number of anilines is 2. The Labute approximate surface area is 219 Å². The predicted octanol–water partition coefficient (Wildman–Crippen LogP) is 3.28. The van der Waals surface area contributed by atoms with Crippen LogP contribution in [0.5, 0.6) is 0 Å². The van der Waals surface area contributed by atoms with Gasteiger partial charge < -0.3 is 25.8 Å². The van der Waals surface area contributed by atoms with Crippen LogP contribution in [0.1, 0.15) is 40.3 Å². The Kier molecular flexibility index (Phi) is 6.59. The average molecular weight is 543 g/mol. The summed E-state index contributed by atoms with van der Waals surface area (Å²) in [5, 5.41) is 17.7. The average Bonchev–Trinajstić information content (AvgIpc) is 3.47. The quantitative estimate of drug-likeness (QED) is 0.340. The number of fused-ring (bicyclic) bond motifs is 1. The van der Waals surface area contributed by atoms with Crippen LogP contribution in [-0.2, 0) is 10.3 Å². The number of aromatic nitrogens is 3. The van der Waals surface area contributed by atoms with Crippen LogP contribution in [0.2, 0.25) is 0 Å². The second kappa shape index (κ2) is 9.74. The smallest absolute Gasteiger partial charge is 0.274 e. The lowest BCUT2D eigenvalue weighted by molar-refractivity contribution is 0.0299. The molecule has 1 fully saturated rings. The highest BCUT2D eigenvalue weighted by Gasteiger charge is 2.25. The molecular formula is C25H24F2N6O4S. The molecule has 4 N–H and O–H groups in total. The molecule has 0 aliphatic carbocycles. The number of nitrogens with zero attached hydrogens (tertiary/aromatic N) is 4. The van der Waals surface area contributed by atoms with Gasteiger partial charge in [0.25, 0.3) is 11.8 Å². The van der Waals surface area contributed by atoms with Crippen molar-refractivity contribution in [3.63, 3.8) is 0 Å². The number of rotatable bonds is 6. The van der Waals surface area contributed by atoms with Crippen molar-refractivity contribution in [3.8, 4) is 10.4 Å². The fourth-order valence-electron chi connectivity index (χ4n) is 4.05. The molecule has 1 aliphatic rings. The van der Waals surface area contributed by atoms with Crippen molar-refractivity contribution in [2.75, 3.05) is 31.6 Å². The first-order valence-electron chi connectivity index (χ1n) is 11.7. The number of carbonyl (C=O) groups is 2. The zero-order chi connectivity index (χ0) is 27.2. The van der Waals surface area contributed by atoms with E-state index in [1.807, 2.05) is 0 Å². The van der Waals surface area contributed by atoms with Crippen LogP contribution >= 0.6 is 11.3 Å². The Morgan fingerprint density at radius 3 is 2.47 bits per heavy atom. The van der Waals surface area contributed by atoms with Gasteiger partial charge >= 0.3 is 0 Å². The monoisotopic (exact) mass is 542 g/mol. The molecule has 5 rings (SSSR count). The Morgan fingerprint density at radius 1 is 1.16 bits per heavy atom. The number of primary amides is 1. The SMILES string of the molecule is CC(C)(O)c1cc(F)c(-c2cc(C(N)=O)c(Nc3ccc4nc(C(=O)N5CCOCC5)cn4n3)s2)c(F)c1. The van der Waals surface area contributed by atoms with Gasteiger partial charge in [-0.2, -0.15) is 0 Å². The van der Waals surface area contributed by atoms with Crippen molar-refractivity contribution in [1.82, 2.24) is 19.5 Å². The van der Waals surface area contributed by atoms with Gasteiger partial charge in [-0.25, -0.2) is 18.3 Å². The zero-order valence-corrected chi connectivity index (χ0v) is 21.3. The highest BCUT2D eigenvalue weighted by atomic mass is 32.1. The fraction of sp³-hybridized carbons (Fsp3) is 0.280. The largest absolute Gasteiger partial charge is 0.386 e. The van der Waals surface area contributed by atoms with Gasteiger partial charge in [0, 0.05) is 18.0 Å². The molecule has 0 unspecified atom stereocenters. The Bertz CT molecular complexity index is 1530. The van der Waals surface area contributed by atoms with Crippen molar-refractivity contribution in [2.24, 2.45) is 5.73 Å². The molecule has 0 bridgehead atoms. The molecule has 13 heteroatoms. The summed E-state index contributed by atoms with van der Waals surface area (Å²) in [7, 11) is 0. The van der Waals surface area contributed by atoms with Gasteiger partial charge in [0.15, 0.2) is 11.5 Å². The Morgan fingerprint density at radius 2 is 1.84 bits per heavy atom.